The number of rotatable bonds is 3. The van der Waals surface area contributed by atoms with Crippen molar-refractivity contribution in [1.29, 1.82) is 0 Å². The fraction of sp³-hybridized carbons (Fsp3) is 0.429. The van der Waals surface area contributed by atoms with Crippen molar-refractivity contribution >= 4 is 17.6 Å². The number of hydrogen-bond acceptors (Lipinski definition) is 7. The Labute approximate surface area is 128 Å². The number of nitrogens with zero attached hydrogens (tertiary/aromatic N) is 7. The van der Waals surface area contributed by atoms with Gasteiger partial charge in [0, 0.05) is 46.3 Å². The quantitative estimate of drug-likeness (QED) is 0.831. The zero-order valence-electron chi connectivity index (χ0n) is 12.6. The molecule has 0 bridgehead atoms. The lowest BCUT2D eigenvalue weighted by molar-refractivity contribution is 0.601. The molecule has 0 aliphatic carbocycles. The van der Waals surface area contributed by atoms with Gasteiger partial charge in [0.2, 0.25) is 5.95 Å². The van der Waals surface area contributed by atoms with Crippen LogP contribution in [0, 0.1) is 5.82 Å². The Morgan fingerprint density at radius 1 is 0.955 bits per heavy atom. The van der Waals surface area contributed by atoms with E-state index in [1.54, 1.807) is 6.33 Å². The molecule has 1 saturated heterocycles. The van der Waals surface area contributed by atoms with Crippen LogP contribution < -0.4 is 14.7 Å². The maximum Gasteiger partial charge on any atom is 0.225 e. The van der Waals surface area contributed by atoms with Crippen molar-refractivity contribution in [3.8, 4) is 0 Å². The van der Waals surface area contributed by atoms with Crippen LogP contribution >= 0.6 is 0 Å². The highest BCUT2D eigenvalue weighted by Crippen LogP contribution is 2.18. The van der Waals surface area contributed by atoms with Crippen LogP contribution in [-0.2, 0) is 0 Å². The molecule has 0 unspecified atom stereocenters. The summed E-state index contributed by atoms with van der Waals surface area (Å²) in [7, 11) is 3.91. The molecule has 0 N–H and O–H groups in total. The molecule has 1 aliphatic rings. The first kappa shape index (κ1) is 14.4. The van der Waals surface area contributed by atoms with Gasteiger partial charge in [0.1, 0.15) is 18.0 Å². The fourth-order valence-corrected chi connectivity index (χ4v) is 2.36. The monoisotopic (exact) mass is 303 g/mol. The first-order valence-corrected chi connectivity index (χ1v) is 7.10. The predicted octanol–water partition coefficient (Wildman–Crippen LogP) is 0.798. The number of anilines is 3. The number of aromatic nitrogens is 4. The van der Waals surface area contributed by atoms with Gasteiger partial charge in [-0.25, -0.2) is 24.3 Å². The summed E-state index contributed by atoms with van der Waals surface area (Å²) in [4.78, 5) is 22.8. The van der Waals surface area contributed by atoms with Gasteiger partial charge >= 0.3 is 0 Å². The zero-order chi connectivity index (χ0) is 15.5. The molecule has 2 aromatic rings. The van der Waals surface area contributed by atoms with E-state index >= 15 is 0 Å². The lowest BCUT2D eigenvalue weighted by Gasteiger charge is -2.35. The zero-order valence-corrected chi connectivity index (χ0v) is 12.6. The second-order valence-corrected chi connectivity index (χ2v) is 5.30. The minimum Gasteiger partial charge on any atom is -0.363 e. The lowest BCUT2D eigenvalue weighted by Crippen LogP contribution is -2.47. The van der Waals surface area contributed by atoms with Gasteiger partial charge in [0.05, 0.1) is 12.4 Å². The van der Waals surface area contributed by atoms with E-state index in [2.05, 4.69) is 24.8 Å². The maximum absolute atomic E-state index is 12.9. The van der Waals surface area contributed by atoms with E-state index in [4.69, 9.17) is 0 Å². The van der Waals surface area contributed by atoms with Crippen LogP contribution in [0.25, 0.3) is 0 Å². The molecular formula is C14H18FN7. The van der Waals surface area contributed by atoms with E-state index in [1.165, 1.54) is 12.4 Å². The van der Waals surface area contributed by atoms with Gasteiger partial charge in [0.15, 0.2) is 5.82 Å². The maximum atomic E-state index is 12.9. The summed E-state index contributed by atoms with van der Waals surface area (Å²) in [5.41, 5.74) is 0. The van der Waals surface area contributed by atoms with Gasteiger partial charge in [-0.15, -0.1) is 0 Å². The van der Waals surface area contributed by atoms with Crippen LogP contribution in [-0.4, -0.2) is 60.2 Å². The number of hydrogen-bond donors (Lipinski definition) is 0. The molecule has 0 radical (unpaired) electrons. The fourth-order valence-electron chi connectivity index (χ4n) is 2.36. The summed E-state index contributed by atoms with van der Waals surface area (Å²) in [6, 6.07) is 1.98. The molecule has 0 aromatic carbocycles. The van der Waals surface area contributed by atoms with Crippen LogP contribution in [0.4, 0.5) is 22.0 Å². The molecular weight excluding hydrogens is 285 g/mol. The van der Waals surface area contributed by atoms with Crippen molar-refractivity contribution in [2.75, 3.05) is 55.0 Å². The van der Waals surface area contributed by atoms with E-state index in [9.17, 15) is 4.39 Å². The first-order chi connectivity index (χ1) is 10.6. The van der Waals surface area contributed by atoms with Gasteiger partial charge in [-0.05, 0) is 0 Å². The van der Waals surface area contributed by atoms with Crippen LogP contribution in [0.3, 0.4) is 0 Å². The van der Waals surface area contributed by atoms with Gasteiger partial charge in [-0.2, -0.15) is 0 Å². The smallest absolute Gasteiger partial charge is 0.225 e. The Balaban J connectivity index is 1.66. The summed E-state index contributed by atoms with van der Waals surface area (Å²) in [6.45, 7) is 3.16. The molecule has 0 atom stereocenters. The standard InChI is InChI=1S/C14H18FN7/c1-20(2)12-7-13(19-10-18-12)21-3-5-22(6-4-21)14-16-8-11(15)9-17-14/h7-10H,3-6H2,1-2H3. The highest BCUT2D eigenvalue weighted by molar-refractivity contribution is 5.50. The Hall–Kier alpha value is -2.51. The molecule has 0 amide bonds. The van der Waals surface area contributed by atoms with E-state index in [0.29, 0.717) is 5.95 Å². The number of halogens is 1. The molecule has 0 spiro atoms. The van der Waals surface area contributed by atoms with E-state index in [0.717, 1.165) is 37.8 Å². The summed E-state index contributed by atoms with van der Waals surface area (Å²) in [5, 5.41) is 0. The summed E-state index contributed by atoms with van der Waals surface area (Å²) in [5.74, 6) is 1.95. The Bertz CT molecular complexity index is 623. The van der Waals surface area contributed by atoms with Gasteiger partial charge < -0.3 is 14.7 Å². The minimum absolute atomic E-state index is 0.417. The van der Waals surface area contributed by atoms with Crippen LogP contribution in [0.1, 0.15) is 0 Å². The van der Waals surface area contributed by atoms with Crippen LogP contribution in [0.2, 0.25) is 0 Å². The highest BCUT2D eigenvalue weighted by Gasteiger charge is 2.20. The summed E-state index contributed by atoms with van der Waals surface area (Å²) >= 11 is 0. The Morgan fingerprint density at radius 3 is 2.23 bits per heavy atom. The average molecular weight is 303 g/mol. The molecule has 7 nitrogen and oxygen atoms in total. The third-order valence-corrected chi connectivity index (χ3v) is 3.59. The largest absolute Gasteiger partial charge is 0.363 e. The van der Waals surface area contributed by atoms with Crippen LogP contribution in [0.5, 0.6) is 0 Å². The van der Waals surface area contributed by atoms with E-state index in [-0.39, 0.29) is 0 Å². The summed E-state index contributed by atoms with van der Waals surface area (Å²) < 4.78 is 12.9. The first-order valence-electron chi connectivity index (χ1n) is 7.10. The molecule has 1 aliphatic heterocycles. The molecule has 2 aromatic heterocycles. The molecule has 3 rings (SSSR count). The molecule has 3 heterocycles. The van der Waals surface area contributed by atoms with E-state index < -0.39 is 5.82 Å². The topological polar surface area (TPSA) is 61.3 Å². The van der Waals surface area contributed by atoms with Gasteiger partial charge in [0.25, 0.3) is 0 Å². The minimum atomic E-state index is -0.417. The highest BCUT2D eigenvalue weighted by atomic mass is 19.1. The molecule has 0 saturated carbocycles. The second-order valence-electron chi connectivity index (χ2n) is 5.30. The van der Waals surface area contributed by atoms with Crippen molar-refractivity contribution in [3.05, 3.63) is 30.6 Å². The van der Waals surface area contributed by atoms with Crippen LogP contribution in [0.15, 0.2) is 24.8 Å². The van der Waals surface area contributed by atoms with Gasteiger partial charge in [-0.1, -0.05) is 0 Å². The lowest BCUT2D eigenvalue weighted by atomic mass is 10.3. The van der Waals surface area contributed by atoms with Crippen molar-refractivity contribution in [1.82, 2.24) is 19.9 Å². The molecule has 1 fully saturated rings. The summed E-state index contributed by atoms with van der Waals surface area (Å²) in [6.07, 6.45) is 3.98. The van der Waals surface area contributed by atoms with Crippen molar-refractivity contribution < 1.29 is 4.39 Å². The molecule has 22 heavy (non-hydrogen) atoms. The third-order valence-electron chi connectivity index (χ3n) is 3.59. The molecule has 116 valence electrons. The Kier molecular flexibility index (Phi) is 3.99. The van der Waals surface area contributed by atoms with Gasteiger partial charge in [-0.3, -0.25) is 0 Å². The molecule has 8 heteroatoms. The SMILES string of the molecule is CN(C)c1cc(N2CCN(c3ncc(F)cn3)CC2)ncn1. The average Bonchev–Trinajstić information content (AvgIpc) is 2.56. The third kappa shape index (κ3) is 3.05. The van der Waals surface area contributed by atoms with Crippen molar-refractivity contribution in [3.63, 3.8) is 0 Å². The van der Waals surface area contributed by atoms with Crippen molar-refractivity contribution in [2.24, 2.45) is 0 Å². The van der Waals surface area contributed by atoms with Crippen molar-refractivity contribution in [2.45, 2.75) is 0 Å². The normalized spacial score (nSPS) is 15.0. The van der Waals surface area contributed by atoms with E-state index in [1.807, 2.05) is 30.0 Å². The second kappa shape index (κ2) is 6.08. The number of piperazine rings is 1. The Morgan fingerprint density at radius 2 is 1.59 bits per heavy atom. The predicted molar refractivity (Wildman–Crippen MR) is 82.8 cm³/mol.